The first-order valence-electron chi connectivity index (χ1n) is 7.69. The molecule has 1 amide bonds. The van der Waals surface area contributed by atoms with E-state index < -0.39 is 6.10 Å². The molecule has 0 radical (unpaired) electrons. The highest BCUT2D eigenvalue weighted by Crippen LogP contribution is 2.25. The fraction of sp³-hybridized carbons (Fsp3) is 0.438. The number of nitrogens with two attached hydrogens (primary N) is 1. The summed E-state index contributed by atoms with van der Waals surface area (Å²) in [6, 6.07) is 3.58. The van der Waals surface area contributed by atoms with E-state index in [1.165, 1.54) is 0 Å². The standard InChI is InChI=1S/C16H20N4O2S.ClH/c17-13-6-11(7-14(13)21)15(22)19-5-3-12-9-23-16(20-12)10-2-1-4-18-8-10;/h1-2,4,8-9,11,13-14,21H,3,5-7,17H2,(H,19,22);1H/t11-,13+,14+;/m0./s1. The predicted octanol–water partition coefficient (Wildman–Crippen LogP) is 1.38. The number of nitrogens with one attached hydrogen (secondary N) is 1. The van der Waals surface area contributed by atoms with E-state index in [1.807, 2.05) is 17.5 Å². The molecule has 3 atom stereocenters. The van der Waals surface area contributed by atoms with E-state index in [4.69, 9.17) is 5.73 Å². The van der Waals surface area contributed by atoms with Crippen LogP contribution in [-0.2, 0) is 11.2 Å². The lowest BCUT2D eigenvalue weighted by molar-refractivity contribution is -0.125. The fourth-order valence-electron chi connectivity index (χ4n) is 2.76. The van der Waals surface area contributed by atoms with E-state index in [0.29, 0.717) is 25.8 Å². The number of halogens is 1. The highest BCUT2D eigenvalue weighted by Gasteiger charge is 2.34. The lowest BCUT2D eigenvalue weighted by atomic mass is 10.1. The van der Waals surface area contributed by atoms with Crippen LogP contribution < -0.4 is 11.1 Å². The lowest BCUT2D eigenvalue weighted by Crippen LogP contribution is -2.32. The molecule has 2 aromatic heterocycles. The van der Waals surface area contributed by atoms with Gasteiger partial charge in [0, 0.05) is 48.3 Å². The highest BCUT2D eigenvalue weighted by atomic mass is 35.5. The van der Waals surface area contributed by atoms with Gasteiger partial charge in [0.2, 0.25) is 5.91 Å². The molecule has 8 heteroatoms. The summed E-state index contributed by atoms with van der Waals surface area (Å²) in [4.78, 5) is 20.7. The zero-order valence-corrected chi connectivity index (χ0v) is 14.7. The van der Waals surface area contributed by atoms with Crippen molar-refractivity contribution in [1.29, 1.82) is 0 Å². The molecule has 2 aromatic rings. The molecule has 2 heterocycles. The average Bonchev–Trinajstić information content (AvgIpc) is 3.16. The molecule has 3 rings (SSSR count). The maximum Gasteiger partial charge on any atom is 0.223 e. The number of pyridine rings is 1. The summed E-state index contributed by atoms with van der Waals surface area (Å²) in [6.07, 6.45) is 4.65. The maximum atomic E-state index is 12.0. The molecule has 6 nitrogen and oxygen atoms in total. The number of aliphatic hydroxyl groups is 1. The Labute approximate surface area is 150 Å². The van der Waals surface area contributed by atoms with Crippen molar-refractivity contribution in [3.63, 3.8) is 0 Å². The van der Waals surface area contributed by atoms with Gasteiger partial charge in [0.15, 0.2) is 0 Å². The number of nitrogens with zero attached hydrogens (tertiary/aromatic N) is 2. The minimum atomic E-state index is -0.564. The van der Waals surface area contributed by atoms with Gasteiger partial charge >= 0.3 is 0 Å². The number of amides is 1. The largest absolute Gasteiger partial charge is 0.391 e. The Bertz CT molecular complexity index is 657. The van der Waals surface area contributed by atoms with Crippen molar-refractivity contribution in [3.05, 3.63) is 35.6 Å². The molecule has 0 aromatic carbocycles. The van der Waals surface area contributed by atoms with Crippen LogP contribution in [0.3, 0.4) is 0 Å². The molecule has 1 saturated carbocycles. The van der Waals surface area contributed by atoms with Gasteiger partial charge in [-0.15, -0.1) is 23.7 Å². The van der Waals surface area contributed by atoms with Gasteiger partial charge < -0.3 is 16.2 Å². The van der Waals surface area contributed by atoms with E-state index in [-0.39, 0.29) is 30.3 Å². The van der Waals surface area contributed by atoms with Crippen LogP contribution in [-0.4, -0.2) is 39.7 Å². The molecule has 24 heavy (non-hydrogen) atoms. The number of carbonyl (C=O) groups excluding carboxylic acids is 1. The summed E-state index contributed by atoms with van der Waals surface area (Å²) in [6.45, 7) is 0.539. The first-order chi connectivity index (χ1) is 11.1. The molecule has 0 spiro atoms. The van der Waals surface area contributed by atoms with E-state index >= 15 is 0 Å². The van der Waals surface area contributed by atoms with Crippen LogP contribution in [0.1, 0.15) is 18.5 Å². The van der Waals surface area contributed by atoms with Crippen molar-refractivity contribution < 1.29 is 9.90 Å². The van der Waals surface area contributed by atoms with E-state index in [0.717, 1.165) is 16.3 Å². The van der Waals surface area contributed by atoms with Gasteiger partial charge in [0.1, 0.15) is 5.01 Å². The Morgan fingerprint density at radius 1 is 1.46 bits per heavy atom. The van der Waals surface area contributed by atoms with Gasteiger partial charge in [-0.2, -0.15) is 0 Å². The minimum absolute atomic E-state index is 0. The Morgan fingerprint density at radius 3 is 2.96 bits per heavy atom. The molecular weight excluding hydrogens is 348 g/mol. The molecule has 130 valence electrons. The Balaban J connectivity index is 0.00000208. The number of aliphatic hydroxyl groups excluding tert-OH is 1. The SMILES string of the molecule is Cl.N[C@@H]1C[C@H](C(=O)NCCc2csc(-c3cccnc3)n2)C[C@H]1O. The van der Waals surface area contributed by atoms with Crippen LogP contribution >= 0.6 is 23.7 Å². The molecule has 1 fully saturated rings. The summed E-state index contributed by atoms with van der Waals surface area (Å²) in [5.41, 5.74) is 7.70. The molecular formula is C16H21ClN4O2S. The number of hydrogen-bond donors (Lipinski definition) is 3. The average molecular weight is 369 g/mol. The number of hydrogen-bond acceptors (Lipinski definition) is 6. The van der Waals surface area contributed by atoms with Crippen LogP contribution in [0.4, 0.5) is 0 Å². The van der Waals surface area contributed by atoms with Gasteiger partial charge in [-0.1, -0.05) is 0 Å². The second-order valence-corrected chi connectivity index (χ2v) is 6.68. The summed E-state index contributed by atoms with van der Waals surface area (Å²) in [5.74, 6) is -0.207. The van der Waals surface area contributed by atoms with Crippen LogP contribution in [0.5, 0.6) is 0 Å². The topological polar surface area (TPSA) is 101 Å². The van der Waals surface area contributed by atoms with Crippen LogP contribution in [0.25, 0.3) is 10.6 Å². The minimum Gasteiger partial charge on any atom is -0.391 e. The summed E-state index contributed by atoms with van der Waals surface area (Å²) in [5, 5.41) is 15.5. The number of carbonyl (C=O) groups is 1. The van der Waals surface area contributed by atoms with Gasteiger partial charge in [-0.25, -0.2) is 4.98 Å². The van der Waals surface area contributed by atoms with Crippen molar-refractivity contribution in [2.24, 2.45) is 11.7 Å². The molecule has 1 aliphatic rings. The molecule has 0 aliphatic heterocycles. The molecule has 1 aliphatic carbocycles. The number of rotatable bonds is 5. The van der Waals surface area contributed by atoms with E-state index in [9.17, 15) is 9.90 Å². The van der Waals surface area contributed by atoms with Crippen LogP contribution in [0.2, 0.25) is 0 Å². The van der Waals surface area contributed by atoms with Crippen LogP contribution in [0.15, 0.2) is 29.9 Å². The second kappa shape index (κ2) is 8.53. The monoisotopic (exact) mass is 368 g/mol. The zero-order valence-electron chi connectivity index (χ0n) is 13.1. The van der Waals surface area contributed by atoms with Crippen molar-refractivity contribution >= 4 is 29.7 Å². The molecule has 4 N–H and O–H groups in total. The molecule has 0 unspecified atom stereocenters. The van der Waals surface area contributed by atoms with Crippen molar-refractivity contribution in [2.75, 3.05) is 6.54 Å². The van der Waals surface area contributed by atoms with Crippen LogP contribution in [0, 0.1) is 5.92 Å². The van der Waals surface area contributed by atoms with Crippen molar-refractivity contribution in [1.82, 2.24) is 15.3 Å². The van der Waals surface area contributed by atoms with Gasteiger partial charge in [-0.05, 0) is 25.0 Å². The summed E-state index contributed by atoms with van der Waals surface area (Å²) in [7, 11) is 0. The van der Waals surface area contributed by atoms with Crippen molar-refractivity contribution in [3.8, 4) is 10.6 Å². The third-order valence-corrected chi connectivity index (χ3v) is 5.03. The molecule has 0 bridgehead atoms. The van der Waals surface area contributed by atoms with E-state index in [1.54, 1.807) is 23.7 Å². The summed E-state index contributed by atoms with van der Waals surface area (Å²) < 4.78 is 0. The number of aromatic nitrogens is 2. The Hall–Kier alpha value is -1.54. The predicted molar refractivity (Wildman–Crippen MR) is 96.0 cm³/mol. The van der Waals surface area contributed by atoms with Gasteiger partial charge in [-0.3, -0.25) is 9.78 Å². The van der Waals surface area contributed by atoms with Gasteiger partial charge in [0.05, 0.1) is 11.8 Å². The Morgan fingerprint density at radius 2 is 2.29 bits per heavy atom. The Kier molecular flexibility index (Phi) is 6.68. The van der Waals surface area contributed by atoms with Gasteiger partial charge in [0.25, 0.3) is 0 Å². The first kappa shape index (κ1) is 18.8. The third kappa shape index (κ3) is 4.51. The first-order valence-corrected chi connectivity index (χ1v) is 8.57. The summed E-state index contributed by atoms with van der Waals surface area (Å²) >= 11 is 1.57. The normalized spacial score (nSPS) is 22.8. The lowest BCUT2D eigenvalue weighted by Gasteiger charge is -2.09. The second-order valence-electron chi connectivity index (χ2n) is 5.83. The fourth-order valence-corrected chi connectivity index (χ4v) is 3.61. The zero-order chi connectivity index (χ0) is 16.2. The van der Waals surface area contributed by atoms with Crippen molar-refractivity contribution in [2.45, 2.75) is 31.4 Å². The van der Waals surface area contributed by atoms with E-state index in [2.05, 4.69) is 15.3 Å². The quantitative estimate of drug-likeness (QED) is 0.740. The molecule has 0 saturated heterocycles. The smallest absolute Gasteiger partial charge is 0.223 e. The third-order valence-electron chi connectivity index (χ3n) is 4.09. The maximum absolute atomic E-state index is 12.0. The highest BCUT2D eigenvalue weighted by molar-refractivity contribution is 7.13. The number of thiazole rings is 1.